The second-order valence-electron chi connectivity index (χ2n) is 7.61. The van der Waals surface area contributed by atoms with Crippen molar-refractivity contribution in [1.82, 2.24) is 5.32 Å². The Morgan fingerprint density at radius 3 is 1.96 bits per heavy atom. The molecular formula is C21H39NO3. The minimum atomic E-state index is -0.397. The van der Waals surface area contributed by atoms with Crippen LogP contribution < -0.4 is 5.32 Å². The molecule has 0 heterocycles. The van der Waals surface area contributed by atoms with Gasteiger partial charge < -0.3 is 14.8 Å². The zero-order valence-electron chi connectivity index (χ0n) is 16.5. The molecule has 25 heavy (non-hydrogen) atoms. The number of amides is 1. The first-order chi connectivity index (χ1) is 12.2. The van der Waals surface area contributed by atoms with E-state index >= 15 is 0 Å². The topological polar surface area (TPSA) is 55.4 Å². The molecule has 0 aliphatic heterocycles. The summed E-state index contributed by atoms with van der Waals surface area (Å²) in [6.45, 7) is 4.41. The van der Waals surface area contributed by atoms with Gasteiger partial charge in [-0.15, -0.1) is 0 Å². The highest BCUT2D eigenvalue weighted by Gasteiger charge is 2.54. The third kappa shape index (κ3) is 9.27. The summed E-state index contributed by atoms with van der Waals surface area (Å²) in [5.74, 6) is 0. The van der Waals surface area contributed by atoms with Crippen molar-refractivity contribution in [2.24, 2.45) is 5.41 Å². The molecule has 0 saturated heterocycles. The molecule has 2 unspecified atom stereocenters. The van der Waals surface area contributed by atoms with E-state index in [0.29, 0.717) is 6.61 Å². The van der Waals surface area contributed by atoms with Gasteiger partial charge in [-0.25, -0.2) is 4.79 Å². The molecule has 0 aromatic heterocycles. The van der Waals surface area contributed by atoms with Crippen molar-refractivity contribution in [3.63, 3.8) is 0 Å². The summed E-state index contributed by atoms with van der Waals surface area (Å²) in [6.07, 6.45) is 18.2. The van der Waals surface area contributed by atoms with Crippen molar-refractivity contribution < 1.29 is 14.3 Å². The van der Waals surface area contributed by atoms with Crippen LogP contribution in [0.4, 0.5) is 4.79 Å². The lowest BCUT2D eigenvalue weighted by molar-refractivity contribution is -0.112. The average molecular weight is 354 g/mol. The molecule has 1 rings (SSSR count). The minimum absolute atomic E-state index is 0.0169. The first kappa shape index (κ1) is 22.0. The molecule has 0 spiro atoms. The van der Waals surface area contributed by atoms with Crippen LogP contribution in [0.5, 0.6) is 0 Å². The van der Waals surface area contributed by atoms with Gasteiger partial charge >= 0.3 is 6.09 Å². The fourth-order valence-corrected chi connectivity index (χ4v) is 3.59. The van der Waals surface area contributed by atoms with Crippen molar-refractivity contribution in [3.05, 3.63) is 0 Å². The number of ether oxygens (including phenoxy) is 1. The molecule has 2 atom stereocenters. The van der Waals surface area contributed by atoms with Crippen molar-refractivity contribution in [2.75, 3.05) is 6.61 Å². The molecule has 4 nitrogen and oxygen atoms in total. The van der Waals surface area contributed by atoms with Gasteiger partial charge in [-0.05, 0) is 19.8 Å². The highest BCUT2D eigenvalue weighted by molar-refractivity contribution is 5.73. The number of rotatable bonds is 16. The molecule has 1 aliphatic carbocycles. The van der Waals surface area contributed by atoms with Crippen LogP contribution in [0.25, 0.3) is 0 Å². The van der Waals surface area contributed by atoms with Crippen LogP contribution in [0.3, 0.4) is 0 Å². The number of unbranched alkanes of at least 4 members (excludes halogenated alkanes) is 11. The fourth-order valence-electron chi connectivity index (χ4n) is 3.59. The minimum Gasteiger partial charge on any atom is -0.450 e. The Hall–Kier alpha value is -1.06. The van der Waals surface area contributed by atoms with E-state index in [1.807, 2.05) is 0 Å². The zero-order chi connectivity index (χ0) is 18.4. The maximum atomic E-state index is 11.4. The van der Waals surface area contributed by atoms with Crippen LogP contribution in [0.15, 0.2) is 0 Å². The maximum absolute atomic E-state index is 11.4. The molecular weight excluding hydrogens is 314 g/mol. The number of alkyl carbamates (subject to hydrolysis) is 1. The number of nitrogens with one attached hydrogen (secondary N) is 1. The fraction of sp³-hybridized carbons (Fsp3) is 0.905. The third-order valence-electron chi connectivity index (χ3n) is 5.42. The number of carbonyl (C=O) groups is 2. The molecule has 0 aromatic carbocycles. The molecule has 0 radical (unpaired) electrons. The van der Waals surface area contributed by atoms with Crippen molar-refractivity contribution in [2.45, 2.75) is 110 Å². The van der Waals surface area contributed by atoms with Gasteiger partial charge in [0.05, 0.1) is 6.61 Å². The Labute approximate surface area is 154 Å². The molecule has 0 bridgehead atoms. The van der Waals surface area contributed by atoms with E-state index in [-0.39, 0.29) is 11.5 Å². The molecule has 1 fully saturated rings. The smallest absolute Gasteiger partial charge is 0.407 e. The van der Waals surface area contributed by atoms with E-state index in [4.69, 9.17) is 4.74 Å². The summed E-state index contributed by atoms with van der Waals surface area (Å²) in [7, 11) is 0. The van der Waals surface area contributed by atoms with Crippen molar-refractivity contribution in [3.8, 4) is 0 Å². The number of carbonyl (C=O) groups excluding carboxylic acids is 2. The van der Waals surface area contributed by atoms with Gasteiger partial charge in [0.15, 0.2) is 0 Å². The van der Waals surface area contributed by atoms with E-state index < -0.39 is 6.09 Å². The van der Waals surface area contributed by atoms with E-state index in [9.17, 15) is 9.59 Å². The lowest BCUT2D eigenvalue weighted by Crippen LogP contribution is -2.30. The highest BCUT2D eigenvalue weighted by atomic mass is 16.5. The largest absolute Gasteiger partial charge is 0.450 e. The molecule has 1 aliphatic rings. The van der Waals surface area contributed by atoms with Crippen LogP contribution in [0.1, 0.15) is 104 Å². The van der Waals surface area contributed by atoms with Gasteiger partial charge in [0.1, 0.15) is 6.29 Å². The van der Waals surface area contributed by atoms with Crippen LogP contribution in [-0.2, 0) is 9.53 Å². The monoisotopic (exact) mass is 353 g/mol. The molecule has 1 N–H and O–H groups in total. The maximum Gasteiger partial charge on any atom is 0.407 e. The van der Waals surface area contributed by atoms with E-state index in [1.165, 1.54) is 70.6 Å². The Balaban J connectivity index is 1.94. The predicted molar refractivity (Wildman–Crippen MR) is 103 cm³/mol. The molecule has 1 amide bonds. The van der Waals surface area contributed by atoms with Gasteiger partial charge in [-0.3, -0.25) is 0 Å². The molecule has 4 heteroatoms. The SMILES string of the molecule is CCCCCCCCCCCCCCC1(C=O)CC1NC(=O)OCC. The van der Waals surface area contributed by atoms with Gasteiger partial charge in [0.25, 0.3) is 0 Å². The average Bonchev–Trinajstić information content (AvgIpc) is 3.29. The van der Waals surface area contributed by atoms with Gasteiger partial charge in [0, 0.05) is 11.5 Å². The normalized spacial score (nSPS) is 21.8. The summed E-state index contributed by atoms with van der Waals surface area (Å²) in [4.78, 5) is 22.8. The van der Waals surface area contributed by atoms with E-state index in [1.54, 1.807) is 6.92 Å². The first-order valence-corrected chi connectivity index (χ1v) is 10.6. The van der Waals surface area contributed by atoms with Gasteiger partial charge in [-0.2, -0.15) is 0 Å². The molecule has 146 valence electrons. The van der Waals surface area contributed by atoms with Gasteiger partial charge in [0.2, 0.25) is 0 Å². The standard InChI is InChI=1S/C21H39NO3/c1-3-5-6-7-8-9-10-11-12-13-14-15-16-21(18-23)17-19(21)22-20(24)25-4-2/h18-19H,3-17H2,1-2H3,(H,22,24). The second-order valence-corrected chi connectivity index (χ2v) is 7.61. The summed E-state index contributed by atoms with van der Waals surface area (Å²) >= 11 is 0. The quantitative estimate of drug-likeness (QED) is 0.282. The second kappa shape index (κ2) is 13.2. The third-order valence-corrected chi connectivity index (χ3v) is 5.42. The summed E-state index contributed by atoms with van der Waals surface area (Å²) in [6, 6.07) is -0.0169. The van der Waals surface area contributed by atoms with Crippen LogP contribution >= 0.6 is 0 Å². The first-order valence-electron chi connectivity index (χ1n) is 10.6. The Bertz CT molecular complexity index is 372. The number of hydrogen-bond acceptors (Lipinski definition) is 3. The van der Waals surface area contributed by atoms with Crippen LogP contribution in [0.2, 0.25) is 0 Å². The lowest BCUT2D eigenvalue weighted by Gasteiger charge is -2.11. The van der Waals surface area contributed by atoms with E-state index in [0.717, 1.165) is 25.5 Å². The highest BCUT2D eigenvalue weighted by Crippen LogP contribution is 2.48. The van der Waals surface area contributed by atoms with Crippen molar-refractivity contribution in [1.29, 1.82) is 0 Å². The predicted octanol–water partition coefficient (Wildman–Crippen LogP) is 5.78. The zero-order valence-corrected chi connectivity index (χ0v) is 16.5. The van der Waals surface area contributed by atoms with Gasteiger partial charge in [-0.1, -0.05) is 84.0 Å². The van der Waals surface area contributed by atoms with E-state index in [2.05, 4.69) is 12.2 Å². The van der Waals surface area contributed by atoms with Crippen LogP contribution in [0, 0.1) is 5.41 Å². The summed E-state index contributed by atoms with van der Waals surface area (Å²) < 4.78 is 4.88. The van der Waals surface area contributed by atoms with Crippen molar-refractivity contribution >= 4 is 12.4 Å². The summed E-state index contributed by atoms with van der Waals surface area (Å²) in [5, 5.41) is 2.80. The summed E-state index contributed by atoms with van der Waals surface area (Å²) in [5.41, 5.74) is -0.314. The Morgan fingerprint density at radius 1 is 0.960 bits per heavy atom. The van der Waals surface area contributed by atoms with Crippen LogP contribution in [-0.4, -0.2) is 25.0 Å². The number of aldehydes is 1. The molecule has 1 saturated carbocycles. The Morgan fingerprint density at radius 2 is 1.48 bits per heavy atom. The lowest BCUT2D eigenvalue weighted by atomic mass is 9.98. The number of hydrogen-bond donors (Lipinski definition) is 1. The Kier molecular flexibility index (Phi) is 11.6. The molecule has 0 aromatic rings.